The first-order valence-corrected chi connectivity index (χ1v) is 9.79. The van der Waals surface area contributed by atoms with Crippen molar-refractivity contribution in [3.05, 3.63) is 58.7 Å². The van der Waals surface area contributed by atoms with E-state index in [1.807, 2.05) is 0 Å². The van der Waals surface area contributed by atoms with Gasteiger partial charge in [-0.05, 0) is 25.1 Å². The largest absolute Gasteiger partial charge is 0.458 e. The molecule has 34 heavy (non-hydrogen) atoms. The third-order valence-corrected chi connectivity index (χ3v) is 5.21. The van der Waals surface area contributed by atoms with E-state index in [0.29, 0.717) is 25.0 Å². The second kappa shape index (κ2) is 7.95. The number of alkyl halides is 6. The Kier molecular flexibility index (Phi) is 5.49. The summed E-state index contributed by atoms with van der Waals surface area (Å²) in [6.45, 7) is 1.40. The molecule has 14 heteroatoms. The van der Waals surface area contributed by atoms with Crippen LogP contribution in [-0.2, 0) is 21.9 Å². The Morgan fingerprint density at radius 3 is 2.21 bits per heavy atom. The Morgan fingerprint density at radius 2 is 1.65 bits per heavy atom. The standard InChI is InChI=1S/C20H15F6N5O3/c1-9(13-14(28-5-4-27-13)16-30-31-17(33)18(34-16)2-3-18)29-15(32)10-6-11(19(21,22)23)8-12(7-10)20(24,25)26/h4-9H,2-3H2,1H3,(H,29,32)(H,31,33). The van der Waals surface area contributed by atoms with E-state index in [-0.39, 0.29) is 23.4 Å². The monoisotopic (exact) mass is 487 g/mol. The minimum absolute atomic E-state index is 0.0431. The van der Waals surface area contributed by atoms with Gasteiger partial charge in [-0.15, -0.1) is 5.10 Å². The number of aromatic nitrogens is 2. The molecule has 0 radical (unpaired) electrons. The molecule has 2 aliphatic rings. The Morgan fingerprint density at radius 1 is 1.06 bits per heavy atom. The minimum Gasteiger partial charge on any atom is -0.458 e. The maximum Gasteiger partial charge on any atom is 0.416 e. The van der Waals surface area contributed by atoms with Crippen molar-refractivity contribution < 1.29 is 40.7 Å². The minimum atomic E-state index is -5.10. The Labute approximate surface area is 187 Å². The molecule has 8 nitrogen and oxygen atoms in total. The molecule has 2 N–H and O–H groups in total. The van der Waals surface area contributed by atoms with E-state index >= 15 is 0 Å². The number of nitrogens with one attached hydrogen (secondary N) is 2. The predicted octanol–water partition coefficient (Wildman–Crippen LogP) is 3.35. The molecular weight excluding hydrogens is 472 g/mol. The number of hydrogen-bond acceptors (Lipinski definition) is 6. The van der Waals surface area contributed by atoms with Gasteiger partial charge in [0.2, 0.25) is 0 Å². The zero-order valence-corrected chi connectivity index (χ0v) is 17.2. The number of amides is 2. The summed E-state index contributed by atoms with van der Waals surface area (Å²) in [6.07, 6.45) is -6.73. The number of hydrogen-bond donors (Lipinski definition) is 2. The van der Waals surface area contributed by atoms with Crippen molar-refractivity contribution in [2.24, 2.45) is 5.10 Å². The molecule has 1 aromatic heterocycles. The fraction of sp³-hybridized carbons (Fsp3) is 0.350. The van der Waals surface area contributed by atoms with Crippen LogP contribution in [0.5, 0.6) is 0 Å². The van der Waals surface area contributed by atoms with Gasteiger partial charge in [0.25, 0.3) is 17.7 Å². The molecule has 1 saturated carbocycles. The van der Waals surface area contributed by atoms with Gasteiger partial charge in [0.1, 0.15) is 0 Å². The van der Waals surface area contributed by atoms with Gasteiger partial charge in [-0.3, -0.25) is 14.6 Å². The quantitative estimate of drug-likeness (QED) is 0.644. The Balaban J connectivity index is 1.62. The molecule has 1 aromatic carbocycles. The molecular formula is C20H15F6N5O3. The van der Waals surface area contributed by atoms with Crippen molar-refractivity contribution in [1.82, 2.24) is 20.7 Å². The van der Waals surface area contributed by atoms with E-state index < -0.39 is 52.5 Å². The fourth-order valence-electron chi connectivity index (χ4n) is 3.27. The molecule has 0 bridgehead atoms. The van der Waals surface area contributed by atoms with E-state index in [2.05, 4.69) is 25.8 Å². The van der Waals surface area contributed by atoms with Crippen LogP contribution in [0.1, 0.15) is 58.7 Å². The molecule has 1 aliphatic carbocycles. The molecule has 180 valence electrons. The van der Waals surface area contributed by atoms with Gasteiger partial charge in [0.15, 0.2) is 11.3 Å². The number of hydrazone groups is 1. The topological polar surface area (TPSA) is 106 Å². The van der Waals surface area contributed by atoms with Crippen LogP contribution < -0.4 is 10.7 Å². The smallest absolute Gasteiger partial charge is 0.416 e. The van der Waals surface area contributed by atoms with Crippen LogP contribution in [-0.4, -0.2) is 33.3 Å². The normalized spacial score (nSPS) is 18.0. The molecule has 2 aromatic rings. The maximum absolute atomic E-state index is 13.1. The number of nitrogens with zero attached hydrogens (tertiary/aromatic N) is 3. The molecule has 2 amide bonds. The van der Waals surface area contributed by atoms with E-state index in [9.17, 15) is 35.9 Å². The van der Waals surface area contributed by atoms with Crippen molar-refractivity contribution in [3.63, 3.8) is 0 Å². The van der Waals surface area contributed by atoms with Gasteiger partial charge in [-0.25, -0.2) is 10.4 Å². The van der Waals surface area contributed by atoms with E-state index in [1.165, 1.54) is 19.3 Å². The summed E-state index contributed by atoms with van der Waals surface area (Å²) in [5.41, 5.74) is -2.70. The van der Waals surface area contributed by atoms with Crippen molar-refractivity contribution in [2.45, 2.75) is 43.8 Å². The summed E-state index contributed by atoms with van der Waals surface area (Å²) >= 11 is 0. The third kappa shape index (κ3) is 4.52. The van der Waals surface area contributed by atoms with Crippen LogP contribution in [0.3, 0.4) is 0 Å². The second-order valence-electron chi connectivity index (χ2n) is 7.73. The molecule has 1 unspecified atom stereocenters. The number of carbonyl (C=O) groups excluding carboxylic acids is 2. The van der Waals surface area contributed by atoms with Crippen LogP contribution in [0, 0.1) is 0 Å². The number of rotatable bonds is 4. The maximum atomic E-state index is 13.1. The lowest BCUT2D eigenvalue weighted by molar-refractivity contribution is -0.143. The highest BCUT2D eigenvalue weighted by Gasteiger charge is 2.56. The predicted molar refractivity (Wildman–Crippen MR) is 102 cm³/mol. The number of carbonyl (C=O) groups is 2. The van der Waals surface area contributed by atoms with E-state index in [0.717, 1.165) is 0 Å². The number of benzene rings is 1. The summed E-state index contributed by atoms with van der Waals surface area (Å²) in [6, 6.07) is -0.439. The number of ether oxygens (including phenoxy) is 1. The van der Waals surface area contributed by atoms with Crippen LogP contribution >= 0.6 is 0 Å². The van der Waals surface area contributed by atoms with Crippen LogP contribution in [0.2, 0.25) is 0 Å². The van der Waals surface area contributed by atoms with Gasteiger partial charge >= 0.3 is 12.4 Å². The third-order valence-electron chi connectivity index (χ3n) is 5.21. The molecule has 0 saturated heterocycles. The fourth-order valence-corrected chi connectivity index (χ4v) is 3.27. The van der Waals surface area contributed by atoms with Gasteiger partial charge in [-0.1, -0.05) is 0 Å². The van der Waals surface area contributed by atoms with E-state index in [1.54, 1.807) is 0 Å². The molecule has 2 heterocycles. The number of halogens is 6. The highest BCUT2D eigenvalue weighted by Crippen LogP contribution is 2.42. The summed E-state index contributed by atoms with van der Waals surface area (Å²) in [5, 5.41) is 6.12. The first kappa shape index (κ1) is 23.4. The van der Waals surface area contributed by atoms with Gasteiger partial charge in [-0.2, -0.15) is 26.3 Å². The lowest BCUT2D eigenvalue weighted by Gasteiger charge is -2.24. The molecule has 1 atom stereocenters. The Hall–Kier alpha value is -3.71. The molecule has 1 fully saturated rings. The van der Waals surface area contributed by atoms with Gasteiger partial charge in [0, 0.05) is 30.8 Å². The van der Waals surface area contributed by atoms with Crippen molar-refractivity contribution in [2.75, 3.05) is 0 Å². The zero-order chi connectivity index (χ0) is 24.9. The zero-order valence-electron chi connectivity index (χ0n) is 17.2. The van der Waals surface area contributed by atoms with Crippen molar-refractivity contribution >= 4 is 17.7 Å². The highest BCUT2D eigenvalue weighted by atomic mass is 19.4. The molecule has 1 spiro atoms. The Bertz CT molecular complexity index is 1160. The van der Waals surface area contributed by atoms with E-state index in [4.69, 9.17) is 4.74 Å². The van der Waals surface area contributed by atoms with Gasteiger partial charge in [0.05, 0.1) is 22.9 Å². The lowest BCUT2D eigenvalue weighted by atomic mass is 10.0. The van der Waals surface area contributed by atoms with Crippen LogP contribution in [0.15, 0.2) is 35.7 Å². The summed E-state index contributed by atoms with van der Waals surface area (Å²) in [4.78, 5) is 32.7. The first-order valence-electron chi connectivity index (χ1n) is 9.79. The van der Waals surface area contributed by atoms with Crippen molar-refractivity contribution in [3.8, 4) is 0 Å². The van der Waals surface area contributed by atoms with Crippen molar-refractivity contribution in [1.29, 1.82) is 0 Å². The average molecular weight is 487 g/mol. The summed E-state index contributed by atoms with van der Waals surface area (Å²) in [7, 11) is 0. The van der Waals surface area contributed by atoms with Gasteiger partial charge < -0.3 is 10.1 Å². The average Bonchev–Trinajstić information content (AvgIpc) is 3.54. The molecule has 4 rings (SSSR count). The first-order chi connectivity index (χ1) is 15.8. The lowest BCUT2D eigenvalue weighted by Crippen LogP contribution is -2.43. The van der Waals surface area contributed by atoms with Crippen LogP contribution in [0.25, 0.3) is 0 Å². The van der Waals surface area contributed by atoms with Crippen LogP contribution in [0.4, 0.5) is 26.3 Å². The molecule has 1 aliphatic heterocycles. The SMILES string of the molecule is CC(NC(=O)c1cc(C(F)(F)F)cc(C(F)(F)F)c1)c1nccnc1C1=NNC(=O)C2(CC2)O1. The summed E-state index contributed by atoms with van der Waals surface area (Å²) in [5.74, 6) is -1.70. The highest BCUT2D eigenvalue weighted by molar-refractivity contribution is 6.01. The second-order valence-corrected chi connectivity index (χ2v) is 7.73. The summed E-state index contributed by atoms with van der Waals surface area (Å²) < 4.78 is 84.3.